The third-order valence-electron chi connectivity index (χ3n) is 11.4. The monoisotopic (exact) mass is 729 g/mol. The van der Waals surface area contributed by atoms with E-state index in [0.29, 0.717) is 5.92 Å². The molecular weight excluding hydrogens is 694 g/mol. The van der Waals surface area contributed by atoms with Gasteiger partial charge in [-0.25, -0.2) is 0 Å². The first-order valence-corrected chi connectivity index (χ1v) is 19.0. The van der Waals surface area contributed by atoms with Gasteiger partial charge < -0.3 is 4.57 Å². The van der Waals surface area contributed by atoms with Crippen LogP contribution in [0.5, 0.6) is 0 Å². The topological polar surface area (TPSA) is 4.93 Å². The van der Waals surface area contributed by atoms with Crippen LogP contribution in [0, 0.1) is 0 Å². The third-order valence-corrected chi connectivity index (χ3v) is 11.8. The van der Waals surface area contributed by atoms with Crippen LogP contribution in [-0.4, -0.2) is 4.57 Å². The van der Waals surface area contributed by atoms with Crippen LogP contribution in [0.3, 0.4) is 0 Å². The molecule has 10 rings (SSSR count). The second kappa shape index (κ2) is 12.2. The van der Waals surface area contributed by atoms with Crippen LogP contribution in [0.15, 0.2) is 180 Å². The summed E-state index contributed by atoms with van der Waals surface area (Å²) in [5.74, 6) is 0.415. The van der Waals surface area contributed by atoms with E-state index in [1.54, 1.807) is 0 Å². The van der Waals surface area contributed by atoms with E-state index < -0.39 is 5.41 Å². The molecule has 1 atom stereocenters. The number of hydrogen-bond donors (Lipinski definition) is 0. The van der Waals surface area contributed by atoms with Crippen LogP contribution in [0.4, 0.5) is 0 Å². The summed E-state index contributed by atoms with van der Waals surface area (Å²) in [6, 6.07) is 62.9. The number of benzene rings is 7. The van der Waals surface area contributed by atoms with Crippen molar-refractivity contribution in [1.29, 1.82) is 0 Å². The Kier molecular flexibility index (Phi) is 7.30. The predicted octanol–water partition coefficient (Wildman–Crippen LogP) is 13.6. The van der Waals surface area contributed by atoms with Gasteiger partial charge in [0.25, 0.3) is 0 Å². The second-order valence-corrected chi connectivity index (χ2v) is 15.2. The summed E-state index contributed by atoms with van der Waals surface area (Å²) in [4.78, 5) is 0. The number of nitrogens with zero attached hydrogens (tertiary/aromatic N) is 1. The molecule has 7 aromatic carbocycles. The van der Waals surface area contributed by atoms with Crippen molar-refractivity contribution in [2.24, 2.45) is 0 Å². The van der Waals surface area contributed by atoms with E-state index in [1.165, 1.54) is 83.5 Å². The molecule has 2 heteroatoms. The maximum Gasteiger partial charge on any atom is 0.0714 e. The average Bonchev–Trinajstić information content (AvgIpc) is 3.69. The van der Waals surface area contributed by atoms with Crippen LogP contribution in [0.25, 0.3) is 56.0 Å². The Morgan fingerprint density at radius 2 is 1.19 bits per heavy atom. The fourth-order valence-corrected chi connectivity index (χ4v) is 9.49. The maximum absolute atomic E-state index is 3.66. The molecule has 0 radical (unpaired) electrons. The zero-order chi connectivity index (χ0) is 34.8. The normalized spacial score (nSPS) is 15.3. The zero-order valence-corrected chi connectivity index (χ0v) is 30.5. The molecule has 248 valence electrons. The summed E-state index contributed by atoms with van der Waals surface area (Å²) in [6.07, 6.45) is 5.75. The van der Waals surface area contributed by atoms with E-state index >= 15 is 0 Å². The van der Waals surface area contributed by atoms with Crippen LogP contribution in [-0.2, 0) is 5.41 Å². The molecule has 1 nitrogen and oxygen atoms in total. The molecule has 1 unspecified atom stereocenters. The van der Waals surface area contributed by atoms with Gasteiger partial charge in [0.2, 0.25) is 0 Å². The second-order valence-electron chi connectivity index (χ2n) is 14.3. The van der Waals surface area contributed by atoms with Crippen LogP contribution in [0.1, 0.15) is 52.8 Å². The average molecular weight is 731 g/mol. The highest BCUT2D eigenvalue weighted by molar-refractivity contribution is 9.10. The molecule has 0 saturated carbocycles. The highest BCUT2D eigenvalue weighted by Crippen LogP contribution is 2.56. The Bertz CT molecular complexity index is 2640. The van der Waals surface area contributed by atoms with E-state index in [2.05, 4.69) is 209 Å². The van der Waals surface area contributed by atoms with Crippen molar-refractivity contribution >= 4 is 32.9 Å². The summed E-state index contributed by atoms with van der Waals surface area (Å²) in [5, 5.41) is 1.33. The Hall–Kier alpha value is -5.70. The van der Waals surface area contributed by atoms with Gasteiger partial charge in [-0.2, -0.15) is 0 Å². The molecule has 1 aromatic heterocycles. The zero-order valence-electron chi connectivity index (χ0n) is 28.9. The molecule has 0 spiro atoms. The van der Waals surface area contributed by atoms with Crippen molar-refractivity contribution in [3.63, 3.8) is 0 Å². The molecule has 1 heterocycles. The number of aromatic nitrogens is 1. The van der Waals surface area contributed by atoms with Gasteiger partial charge >= 0.3 is 0 Å². The minimum Gasteiger partial charge on any atom is -0.310 e. The lowest BCUT2D eigenvalue weighted by Gasteiger charge is -2.34. The summed E-state index contributed by atoms with van der Waals surface area (Å²) in [6.45, 7) is 2.38. The number of halogens is 1. The lowest BCUT2D eigenvalue weighted by atomic mass is 9.67. The lowest BCUT2D eigenvalue weighted by Crippen LogP contribution is -2.28. The van der Waals surface area contributed by atoms with E-state index in [9.17, 15) is 0 Å². The van der Waals surface area contributed by atoms with E-state index in [-0.39, 0.29) is 0 Å². The number of rotatable bonds is 5. The highest BCUT2D eigenvalue weighted by atomic mass is 79.9. The molecule has 52 heavy (non-hydrogen) atoms. The predicted molar refractivity (Wildman–Crippen MR) is 221 cm³/mol. The van der Waals surface area contributed by atoms with Gasteiger partial charge in [0, 0.05) is 21.2 Å². The molecule has 0 bridgehead atoms. The largest absolute Gasteiger partial charge is 0.310 e. The van der Waals surface area contributed by atoms with E-state index in [0.717, 1.165) is 10.9 Å². The molecule has 0 aliphatic heterocycles. The Morgan fingerprint density at radius 3 is 1.92 bits per heavy atom. The molecule has 0 amide bonds. The van der Waals surface area contributed by atoms with Crippen LogP contribution >= 0.6 is 15.9 Å². The maximum atomic E-state index is 3.66. The van der Waals surface area contributed by atoms with E-state index in [1.807, 2.05) is 0 Å². The molecule has 0 saturated heterocycles. The minimum atomic E-state index is -0.441. The van der Waals surface area contributed by atoms with Crippen LogP contribution < -0.4 is 0 Å². The van der Waals surface area contributed by atoms with Gasteiger partial charge in [0.15, 0.2) is 0 Å². The summed E-state index contributed by atoms with van der Waals surface area (Å²) >= 11 is 3.66. The fourth-order valence-electron chi connectivity index (χ4n) is 9.09. The van der Waals surface area contributed by atoms with Crippen molar-refractivity contribution < 1.29 is 0 Å². The molecular formula is C50H36BrN. The Morgan fingerprint density at radius 1 is 0.558 bits per heavy atom. The highest BCUT2D eigenvalue weighted by Gasteiger charge is 2.46. The van der Waals surface area contributed by atoms with Gasteiger partial charge in [-0.1, -0.05) is 156 Å². The van der Waals surface area contributed by atoms with Crippen molar-refractivity contribution in [2.75, 3.05) is 0 Å². The number of fused-ring (bicyclic) bond motifs is 6. The van der Waals surface area contributed by atoms with Crippen LogP contribution in [0.2, 0.25) is 0 Å². The molecule has 0 fully saturated rings. The van der Waals surface area contributed by atoms with Crippen molar-refractivity contribution in [3.05, 3.63) is 214 Å². The first-order valence-electron chi connectivity index (χ1n) is 18.2. The first kappa shape index (κ1) is 31.1. The lowest BCUT2D eigenvalue weighted by molar-refractivity contribution is 0.764. The summed E-state index contributed by atoms with van der Waals surface area (Å²) in [7, 11) is 0. The third kappa shape index (κ3) is 4.67. The number of hydrogen-bond acceptors (Lipinski definition) is 0. The smallest absolute Gasteiger partial charge is 0.0714 e. The first-order chi connectivity index (χ1) is 25.6. The fraction of sp³-hybridized carbons (Fsp3) is 0.0800. The van der Waals surface area contributed by atoms with Gasteiger partial charge in [0.1, 0.15) is 0 Å². The standard InChI is InChI=1S/C50H36BrN/c1-33-13-10-24-48-49(33)44-31-37(35-15-11-14-34(29-35)36-16-12-21-40(51)30-36)25-28-47(44)52(48)41-26-27-43-42-22-8-9-23-45(42)50(46(43)32-41,38-17-4-2-5-18-38)39-19-6-3-7-20-39/h2-12,14-33H,13H2,1H3. The molecule has 2 aliphatic rings. The SMILES string of the molecule is CC1CC=Cc2c1c1cc(-c3cccc(-c4cccc(Br)c4)c3)ccc1n2-c1ccc2c(c1)C(c1ccccc1)(c1ccccc1)c1ccccc1-2. The Balaban J connectivity index is 1.19. The van der Waals surface area contributed by atoms with Crippen molar-refractivity contribution in [3.8, 4) is 39.1 Å². The van der Waals surface area contributed by atoms with Gasteiger partial charge in [-0.15, -0.1) is 0 Å². The molecule has 2 aliphatic carbocycles. The Labute approximate surface area is 313 Å². The van der Waals surface area contributed by atoms with Gasteiger partial charge in [-0.3, -0.25) is 0 Å². The summed E-state index contributed by atoms with van der Waals surface area (Å²) in [5.41, 5.74) is 17.4. The minimum absolute atomic E-state index is 0.415. The van der Waals surface area contributed by atoms with E-state index in [4.69, 9.17) is 0 Å². The summed E-state index contributed by atoms with van der Waals surface area (Å²) < 4.78 is 3.61. The van der Waals surface area contributed by atoms with Crippen molar-refractivity contribution in [1.82, 2.24) is 4.57 Å². The van der Waals surface area contributed by atoms with Gasteiger partial charge in [0.05, 0.1) is 10.9 Å². The molecule has 8 aromatic rings. The van der Waals surface area contributed by atoms with Crippen molar-refractivity contribution in [2.45, 2.75) is 24.7 Å². The molecule has 0 N–H and O–H groups in total. The number of allylic oxidation sites excluding steroid dienone is 1. The van der Waals surface area contributed by atoms with Gasteiger partial charge in [-0.05, 0) is 122 Å². The quantitative estimate of drug-likeness (QED) is 0.166.